The highest BCUT2D eigenvalue weighted by Crippen LogP contribution is 2.19. The molecule has 0 saturated heterocycles. The Labute approximate surface area is 111 Å². The Kier molecular flexibility index (Phi) is 4.33. The lowest BCUT2D eigenvalue weighted by molar-refractivity contribution is 0.199. The van der Waals surface area contributed by atoms with E-state index in [1.807, 2.05) is 29.6 Å². The van der Waals surface area contributed by atoms with E-state index in [2.05, 4.69) is 11.9 Å². The maximum absolute atomic E-state index is 9.40. The SMILES string of the molecule is CCc1nc(COc2ccc([C@@H](C)O)cc2)cs1. The predicted octanol–water partition coefficient (Wildman–Crippen LogP) is 3.34. The van der Waals surface area contributed by atoms with Crippen molar-refractivity contribution in [2.75, 3.05) is 0 Å². The molecule has 2 aromatic rings. The summed E-state index contributed by atoms with van der Waals surface area (Å²) in [5.41, 5.74) is 1.86. The summed E-state index contributed by atoms with van der Waals surface area (Å²) in [6, 6.07) is 7.49. The quantitative estimate of drug-likeness (QED) is 0.899. The molecule has 1 aromatic heterocycles. The van der Waals surface area contributed by atoms with Gasteiger partial charge < -0.3 is 9.84 Å². The minimum atomic E-state index is -0.440. The van der Waals surface area contributed by atoms with Gasteiger partial charge in [0.2, 0.25) is 0 Å². The molecule has 3 nitrogen and oxygen atoms in total. The molecule has 1 heterocycles. The Morgan fingerprint density at radius 1 is 1.33 bits per heavy atom. The molecule has 1 aromatic carbocycles. The molecule has 18 heavy (non-hydrogen) atoms. The van der Waals surface area contributed by atoms with E-state index in [4.69, 9.17) is 4.74 Å². The molecule has 0 aliphatic heterocycles. The van der Waals surface area contributed by atoms with E-state index in [0.29, 0.717) is 6.61 Å². The number of hydrogen-bond acceptors (Lipinski definition) is 4. The number of aryl methyl sites for hydroxylation is 1. The summed E-state index contributed by atoms with van der Waals surface area (Å²) in [5.74, 6) is 0.797. The van der Waals surface area contributed by atoms with Gasteiger partial charge in [0.1, 0.15) is 12.4 Å². The van der Waals surface area contributed by atoms with Gasteiger partial charge in [-0.25, -0.2) is 4.98 Å². The molecular weight excluding hydrogens is 246 g/mol. The third-order valence-electron chi connectivity index (χ3n) is 2.65. The number of aliphatic hydroxyl groups is 1. The number of thiazole rings is 1. The molecule has 96 valence electrons. The van der Waals surface area contributed by atoms with Crippen molar-refractivity contribution in [2.45, 2.75) is 33.0 Å². The molecule has 0 bridgehead atoms. The van der Waals surface area contributed by atoms with E-state index in [1.54, 1.807) is 18.3 Å². The van der Waals surface area contributed by atoms with Crippen LogP contribution in [0.1, 0.15) is 36.2 Å². The average Bonchev–Trinajstić information content (AvgIpc) is 2.85. The summed E-state index contributed by atoms with van der Waals surface area (Å²) in [7, 11) is 0. The lowest BCUT2D eigenvalue weighted by Gasteiger charge is -2.07. The predicted molar refractivity (Wildman–Crippen MR) is 72.9 cm³/mol. The van der Waals surface area contributed by atoms with Crippen molar-refractivity contribution in [3.63, 3.8) is 0 Å². The van der Waals surface area contributed by atoms with Gasteiger partial charge in [-0.05, 0) is 31.0 Å². The first-order valence-corrected chi connectivity index (χ1v) is 6.91. The fourth-order valence-electron chi connectivity index (χ4n) is 1.58. The molecular formula is C14H17NO2S. The smallest absolute Gasteiger partial charge is 0.131 e. The average molecular weight is 263 g/mol. The van der Waals surface area contributed by atoms with Gasteiger partial charge in [0.15, 0.2) is 0 Å². The van der Waals surface area contributed by atoms with Crippen LogP contribution < -0.4 is 4.74 Å². The third-order valence-corrected chi connectivity index (χ3v) is 3.69. The third kappa shape index (κ3) is 3.31. The fourth-order valence-corrected chi connectivity index (χ4v) is 2.31. The van der Waals surface area contributed by atoms with Gasteiger partial charge in [-0.1, -0.05) is 19.1 Å². The van der Waals surface area contributed by atoms with Gasteiger partial charge in [-0.2, -0.15) is 0 Å². The van der Waals surface area contributed by atoms with Crippen molar-refractivity contribution < 1.29 is 9.84 Å². The maximum atomic E-state index is 9.40. The number of nitrogens with zero attached hydrogens (tertiary/aromatic N) is 1. The highest BCUT2D eigenvalue weighted by atomic mass is 32.1. The van der Waals surface area contributed by atoms with Crippen LogP contribution in [0.4, 0.5) is 0 Å². The first-order chi connectivity index (χ1) is 8.69. The molecule has 1 atom stereocenters. The van der Waals surface area contributed by atoms with Crippen LogP contribution in [0.2, 0.25) is 0 Å². The van der Waals surface area contributed by atoms with Crippen molar-refractivity contribution in [1.29, 1.82) is 0 Å². The van der Waals surface area contributed by atoms with Crippen molar-refractivity contribution in [3.05, 3.63) is 45.9 Å². The van der Waals surface area contributed by atoms with Crippen LogP contribution >= 0.6 is 11.3 Å². The van der Waals surface area contributed by atoms with Crippen molar-refractivity contribution in [1.82, 2.24) is 4.98 Å². The maximum Gasteiger partial charge on any atom is 0.131 e. The first kappa shape index (κ1) is 13.1. The molecule has 2 rings (SSSR count). The lowest BCUT2D eigenvalue weighted by atomic mass is 10.1. The van der Waals surface area contributed by atoms with Gasteiger partial charge in [0.05, 0.1) is 16.8 Å². The Morgan fingerprint density at radius 3 is 2.61 bits per heavy atom. The Bertz CT molecular complexity index is 491. The molecule has 0 aliphatic rings. The van der Waals surface area contributed by atoms with Gasteiger partial charge >= 0.3 is 0 Å². The molecule has 0 aliphatic carbocycles. The van der Waals surface area contributed by atoms with Crippen LogP contribution in [0.25, 0.3) is 0 Å². The van der Waals surface area contributed by atoms with Gasteiger partial charge in [0.25, 0.3) is 0 Å². The van der Waals surface area contributed by atoms with Gasteiger partial charge in [-0.3, -0.25) is 0 Å². The Hall–Kier alpha value is -1.39. The van der Waals surface area contributed by atoms with Gasteiger partial charge in [0, 0.05) is 5.38 Å². The molecule has 0 spiro atoms. The summed E-state index contributed by atoms with van der Waals surface area (Å²) in [6.07, 6.45) is 0.526. The van der Waals surface area contributed by atoms with Crippen molar-refractivity contribution in [2.24, 2.45) is 0 Å². The molecule has 0 saturated carbocycles. The second kappa shape index (κ2) is 5.98. The topological polar surface area (TPSA) is 42.4 Å². The van der Waals surface area contributed by atoms with Gasteiger partial charge in [-0.15, -0.1) is 11.3 Å². The molecule has 0 unspecified atom stereocenters. The summed E-state index contributed by atoms with van der Waals surface area (Å²) < 4.78 is 5.65. The number of aromatic nitrogens is 1. The zero-order chi connectivity index (χ0) is 13.0. The lowest BCUT2D eigenvalue weighted by Crippen LogP contribution is -1.97. The molecule has 0 amide bonds. The summed E-state index contributed by atoms with van der Waals surface area (Å²) in [6.45, 7) is 4.33. The van der Waals surface area contributed by atoms with E-state index in [0.717, 1.165) is 28.4 Å². The number of aliphatic hydroxyl groups excluding tert-OH is 1. The van der Waals surface area contributed by atoms with Crippen LogP contribution in [0.3, 0.4) is 0 Å². The molecule has 0 fully saturated rings. The van der Waals surface area contributed by atoms with Crippen molar-refractivity contribution >= 4 is 11.3 Å². The number of hydrogen-bond donors (Lipinski definition) is 1. The largest absolute Gasteiger partial charge is 0.487 e. The molecule has 1 N–H and O–H groups in total. The number of rotatable bonds is 5. The van der Waals surface area contributed by atoms with Crippen LogP contribution in [0.5, 0.6) is 5.75 Å². The second-order valence-electron chi connectivity index (χ2n) is 4.12. The fraction of sp³-hybridized carbons (Fsp3) is 0.357. The van der Waals surface area contributed by atoms with E-state index in [-0.39, 0.29) is 0 Å². The van der Waals surface area contributed by atoms with Crippen LogP contribution in [-0.4, -0.2) is 10.1 Å². The molecule has 4 heteroatoms. The monoisotopic (exact) mass is 263 g/mol. The standard InChI is InChI=1S/C14H17NO2S/c1-3-14-15-12(9-18-14)8-17-13-6-4-11(5-7-13)10(2)16/h4-7,9-10,16H,3,8H2,1-2H3/t10-/m1/s1. The summed E-state index contributed by atoms with van der Waals surface area (Å²) >= 11 is 1.67. The Morgan fingerprint density at radius 2 is 2.06 bits per heavy atom. The van der Waals surface area contributed by atoms with E-state index in [1.165, 1.54) is 0 Å². The van der Waals surface area contributed by atoms with Crippen LogP contribution in [-0.2, 0) is 13.0 Å². The second-order valence-corrected chi connectivity index (χ2v) is 5.06. The highest BCUT2D eigenvalue weighted by molar-refractivity contribution is 7.09. The zero-order valence-electron chi connectivity index (χ0n) is 10.6. The van der Waals surface area contributed by atoms with E-state index < -0.39 is 6.10 Å². The molecule has 0 radical (unpaired) electrons. The minimum Gasteiger partial charge on any atom is -0.487 e. The Balaban J connectivity index is 1.93. The first-order valence-electron chi connectivity index (χ1n) is 6.03. The number of benzene rings is 1. The highest BCUT2D eigenvalue weighted by Gasteiger charge is 2.03. The zero-order valence-corrected chi connectivity index (χ0v) is 11.4. The normalized spacial score (nSPS) is 12.4. The van der Waals surface area contributed by atoms with E-state index >= 15 is 0 Å². The number of ether oxygens (including phenoxy) is 1. The van der Waals surface area contributed by atoms with Crippen LogP contribution in [0, 0.1) is 0 Å². The summed E-state index contributed by atoms with van der Waals surface area (Å²) in [5, 5.41) is 12.6. The summed E-state index contributed by atoms with van der Waals surface area (Å²) in [4.78, 5) is 4.44. The minimum absolute atomic E-state index is 0.440. The van der Waals surface area contributed by atoms with Crippen LogP contribution in [0.15, 0.2) is 29.6 Å². The van der Waals surface area contributed by atoms with E-state index in [9.17, 15) is 5.11 Å². The van der Waals surface area contributed by atoms with Crippen molar-refractivity contribution in [3.8, 4) is 5.75 Å².